The molecule has 1 N–H and O–H groups in total. The van der Waals surface area contributed by atoms with Crippen LogP contribution >= 0.6 is 11.3 Å². The minimum absolute atomic E-state index is 0.0426. The number of nitrogens with one attached hydrogen (secondary N) is 1. The van der Waals surface area contributed by atoms with Crippen molar-refractivity contribution in [1.82, 2.24) is 15.2 Å². The first-order valence-corrected chi connectivity index (χ1v) is 7.45. The maximum absolute atomic E-state index is 12.3. The van der Waals surface area contributed by atoms with Crippen LogP contribution in [-0.2, 0) is 4.79 Å². The lowest BCUT2D eigenvalue weighted by Gasteiger charge is -2.23. The summed E-state index contributed by atoms with van der Waals surface area (Å²) in [5, 5.41) is 4.48. The number of thiazole rings is 1. The van der Waals surface area contributed by atoms with Gasteiger partial charge in [0.05, 0.1) is 12.1 Å². The number of carbonyl (C=O) groups excluding carboxylic acids is 1. The van der Waals surface area contributed by atoms with E-state index in [0.29, 0.717) is 6.04 Å². The van der Waals surface area contributed by atoms with Gasteiger partial charge in [0.15, 0.2) is 0 Å². The fraction of sp³-hybridized carbons (Fsp3) is 0.692. The number of hydrogen-bond donors (Lipinski definition) is 1. The minimum atomic E-state index is 0.0426. The van der Waals surface area contributed by atoms with Crippen LogP contribution in [0.5, 0.6) is 0 Å². The molecule has 1 saturated carbocycles. The Morgan fingerprint density at radius 1 is 1.50 bits per heavy atom. The predicted molar refractivity (Wildman–Crippen MR) is 71.5 cm³/mol. The van der Waals surface area contributed by atoms with Crippen LogP contribution in [0.15, 0.2) is 6.20 Å². The van der Waals surface area contributed by atoms with E-state index in [-0.39, 0.29) is 18.0 Å². The Kier molecular flexibility index (Phi) is 3.11. The van der Waals surface area contributed by atoms with Gasteiger partial charge in [-0.2, -0.15) is 0 Å². The Bertz CT molecular complexity index is 455. The summed E-state index contributed by atoms with van der Waals surface area (Å²) in [6, 6.07) is 0.750. The molecule has 1 aromatic rings. The van der Waals surface area contributed by atoms with Crippen LogP contribution in [0.1, 0.15) is 42.1 Å². The molecule has 0 spiro atoms. The third-order valence-corrected chi connectivity index (χ3v) is 4.80. The molecule has 4 nitrogen and oxygen atoms in total. The molecule has 98 valence electrons. The molecule has 0 aromatic carbocycles. The number of amides is 1. The first-order chi connectivity index (χ1) is 8.65. The summed E-state index contributed by atoms with van der Waals surface area (Å²) in [4.78, 5) is 19.9. The molecule has 0 bridgehead atoms. The number of rotatable bonds is 4. The summed E-state index contributed by atoms with van der Waals surface area (Å²) in [5.74, 6) is 0.252. The Balaban J connectivity index is 1.67. The van der Waals surface area contributed by atoms with Gasteiger partial charge in [0.2, 0.25) is 5.91 Å². The lowest BCUT2D eigenvalue weighted by atomic mass is 10.2. The van der Waals surface area contributed by atoms with Gasteiger partial charge in [-0.3, -0.25) is 4.79 Å². The molecule has 2 unspecified atom stereocenters. The molecule has 0 radical (unpaired) electrons. The van der Waals surface area contributed by atoms with Crippen LogP contribution in [0, 0.1) is 6.92 Å². The van der Waals surface area contributed by atoms with Crippen molar-refractivity contribution in [2.75, 3.05) is 6.54 Å². The quantitative estimate of drug-likeness (QED) is 0.904. The zero-order valence-corrected chi connectivity index (χ0v) is 11.7. The van der Waals surface area contributed by atoms with Crippen LogP contribution in [0.2, 0.25) is 0 Å². The van der Waals surface area contributed by atoms with E-state index in [1.54, 1.807) is 11.3 Å². The monoisotopic (exact) mass is 265 g/mol. The third kappa shape index (κ3) is 2.29. The number of hydrogen-bond acceptors (Lipinski definition) is 4. The Morgan fingerprint density at radius 3 is 2.89 bits per heavy atom. The van der Waals surface area contributed by atoms with E-state index in [2.05, 4.69) is 24.1 Å². The summed E-state index contributed by atoms with van der Waals surface area (Å²) in [5.41, 5.74) is 0. The molecule has 2 heterocycles. The van der Waals surface area contributed by atoms with Crippen LogP contribution in [0.25, 0.3) is 0 Å². The maximum Gasteiger partial charge on any atom is 0.240 e. The van der Waals surface area contributed by atoms with E-state index in [1.807, 2.05) is 11.1 Å². The van der Waals surface area contributed by atoms with Gasteiger partial charge in [-0.15, -0.1) is 11.3 Å². The maximum atomic E-state index is 12.3. The molecule has 18 heavy (non-hydrogen) atoms. The van der Waals surface area contributed by atoms with Crippen molar-refractivity contribution < 1.29 is 4.79 Å². The smallest absolute Gasteiger partial charge is 0.240 e. The molecular weight excluding hydrogens is 246 g/mol. The van der Waals surface area contributed by atoms with E-state index < -0.39 is 0 Å². The van der Waals surface area contributed by atoms with Crippen LogP contribution in [0.3, 0.4) is 0 Å². The largest absolute Gasteiger partial charge is 0.332 e. The van der Waals surface area contributed by atoms with Crippen molar-refractivity contribution in [2.24, 2.45) is 0 Å². The van der Waals surface area contributed by atoms with Gasteiger partial charge in [0, 0.05) is 23.7 Å². The number of carbonyl (C=O) groups is 1. The van der Waals surface area contributed by atoms with Crippen molar-refractivity contribution in [3.05, 3.63) is 16.1 Å². The predicted octanol–water partition coefficient (Wildman–Crippen LogP) is 1.87. The normalized spacial score (nSPS) is 25.8. The average molecular weight is 265 g/mol. The molecule has 5 heteroatoms. The first-order valence-electron chi connectivity index (χ1n) is 6.64. The minimum Gasteiger partial charge on any atom is -0.332 e. The highest BCUT2D eigenvalue weighted by molar-refractivity contribution is 7.11. The fourth-order valence-corrected chi connectivity index (χ4v) is 3.31. The molecule has 1 aromatic heterocycles. The van der Waals surface area contributed by atoms with Crippen molar-refractivity contribution in [3.63, 3.8) is 0 Å². The van der Waals surface area contributed by atoms with Crippen molar-refractivity contribution in [3.8, 4) is 0 Å². The molecule has 2 fully saturated rings. The summed E-state index contributed by atoms with van der Waals surface area (Å²) in [6.07, 6.45) is 5.27. The second-order valence-corrected chi connectivity index (χ2v) is 6.57. The molecule has 1 aliphatic heterocycles. The standard InChI is InChI=1S/C13H19N3OS/c1-8-7-14-12(18-8)9(2)16-6-5-11(13(16)17)15-10-3-4-10/h7,9-11,15H,3-6H2,1-2H3. The van der Waals surface area contributed by atoms with E-state index >= 15 is 0 Å². The number of likely N-dealkylation sites (tertiary alicyclic amines) is 1. The lowest BCUT2D eigenvalue weighted by molar-refractivity contribution is -0.131. The Labute approximate surface area is 111 Å². The summed E-state index contributed by atoms with van der Waals surface area (Å²) >= 11 is 1.69. The average Bonchev–Trinajstić information content (AvgIpc) is 2.95. The van der Waals surface area contributed by atoms with Gasteiger partial charge in [-0.25, -0.2) is 4.98 Å². The SMILES string of the molecule is Cc1cnc(C(C)N2CCC(NC3CC3)C2=O)s1. The van der Waals surface area contributed by atoms with E-state index in [1.165, 1.54) is 17.7 Å². The highest BCUT2D eigenvalue weighted by atomic mass is 32.1. The van der Waals surface area contributed by atoms with Crippen LogP contribution in [0.4, 0.5) is 0 Å². The van der Waals surface area contributed by atoms with Crippen molar-refractivity contribution in [2.45, 2.75) is 51.2 Å². The molecular formula is C13H19N3OS. The zero-order chi connectivity index (χ0) is 12.7. The summed E-state index contributed by atoms with van der Waals surface area (Å²) in [7, 11) is 0. The second kappa shape index (κ2) is 4.63. The summed E-state index contributed by atoms with van der Waals surface area (Å²) < 4.78 is 0. The van der Waals surface area contributed by atoms with Crippen molar-refractivity contribution in [1.29, 1.82) is 0 Å². The zero-order valence-electron chi connectivity index (χ0n) is 10.8. The molecule has 2 aliphatic rings. The van der Waals surface area contributed by atoms with E-state index in [4.69, 9.17) is 0 Å². The molecule has 2 atom stereocenters. The van der Waals surface area contributed by atoms with Crippen LogP contribution in [-0.4, -0.2) is 34.4 Å². The molecule has 1 aliphatic carbocycles. The van der Waals surface area contributed by atoms with Gasteiger partial charge in [-0.1, -0.05) is 0 Å². The van der Waals surface area contributed by atoms with Gasteiger partial charge in [0.25, 0.3) is 0 Å². The number of nitrogens with zero attached hydrogens (tertiary/aromatic N) is 2. The topological polar surface area (TPSA) is 45.2 Å². The van der Waals surface area contributed by atoms with Gasteiger partial charge < -0.3 is 10.2 Å². The number of aromatic nitrogens is 1. The van der Waals surface area contributed by atoms with Crippen LogP contribution < -0.4 is 5.32 Å². The van der Waals surface area contributed by atoms with Crippen molar-refractivity contribution >= 4 is 17.2 Å². The van der Waals surface area contributed by atoms with E-state index in [0.717, 1.165) is 18.0 Å². The van der Waals surface area contributed by atoms with E-state index in [9.17, 15) is 4.79 Å². The Hall–Kier alpha value is -0.940. The highest BCUT2D eigenvalue weighted by Gasteiger charge is 2.38. The highest BCUT2D eigenvalue weighted by Crippen LogP contribution is 2.29. The fourth-order valence-electron chi connectivity index (χ4n) is 2.47. The first kappa shape index (κ1) is 12.1. The lowest BCUT2D eigenvalue weighted by Crippen LogP contribution is -2.40. The third-order valence-electron chi connectivity index (χ3n) is 3.72. The molecule has 1 saturated heterocycles. The molecule has 1 amide bonds. The molecule has 3 rings (SSSR count). The second-order valence-electron chi connectivity index (χ2n) is 5.30. The number of aryl methyl sites for hydroxylation is 1. The van der Waals surface area contributed by atoms with Gasteiger partial charge >= 0.3 is 0 Å². The van der Waals surface area contributed by atoms with Gasteiger partial charge in [0.1, 0.15) is 5.01 Å². The van der Waals surface area contributed by atoms with Gasteiger partial charge in [-0.05, 0) is 33.1 Å². The Morgan fingerprint density at radius 2 is 2.28 bits per heavy atom. The summed E-state index contributed by atoms with van der Waals surface area (Å²) in [6.45, 7) is 4.98.